The van der Waals surface area contributed by atoms with Crippen LogP contribution in [0.1, 0.15) is 41.4 Å². The van der Waals surface area contributed by atoms with Crippen molar-refractivity contribution in [1.82, 2.24) is 4.98 Å². The van der Waals surface area contributed by atoms with Crippen LogP contribution in [0.15, 0.2) is 48.5 Å². The highest BCUT2D eigenvalue weighted by molar-refractivity contribution is 6.06. The molecule has 1 N–H and O–H groups in total. The fourth-order valence-corrected chi connectivity index (χ4v) is 3.97. The van der Waals surface area contributed by atoms with Gasteiger partial charge in [0.15, 0.2) is 6.10 Å². The summed E-state index contributed by atoms with van der Waals surface area (Å²) in [5.74, 6) is -0.833. The smallest absolute Gasteiger partial charge is 0.339 e. The van der Waals surface area contributed by atoms with Crippen molar-refractivity contribution in [3.63, 3.8) is 0 Å². The van der Waals surface area contributed by atoms with Gasteiger partial charge in [0, 0.05) is 36.6 Å². The van der Waals surface area contributed by atoms with Crippen LogP contribution in [0.3, 0.4) is 0 Å². The van der Waals surface area contributed by atoms with Gasteiger partial charge < -0.3 is 15.0 Å². The van der Waals surface area contributed by atoms with E-state index in [-0.39, 0.29) is 5.91 Å². The number of pyridine rings is 1. The maximum Gasteiger partial charge on any atom is 0.339 e. The Bertz CT molecular complexity index is 1120. The van der Waals surface area contributed by atoms with E-state index in [1.165, 1.54) is 0 Å². The molecule has 1 aliphatic carbocycles. The molecule has 1 unspecified atom stereocenters. The van der Waals surface area contributed by atoms with Crippen LogP contribution in [0, 0.1) is 0 Å². The minimum Gasteiger partial charge on any atom is -0.449 e. The van der Waals surface area contributed by atoms with E-state index < -0.39 is 12.1 Å². The first-order valence-electron chi connectivity index (χ1n) is 10.6. The molecule has 1 aliphatic rings. The molecule has 6 nitrogen and oxygen atoms in total. The van der Waals surface area contributed by atoms with Gasteiger partial charge in [0.25, 0.3) is 5.91 Å². The van der Waals surface area contributed by atoms with E-state index in [1.54, 1.807) is 6.92 Å². The summed E-state index contributed by atoms with van der Waals surface area (Å²) in [5.41, 5.74) is 4.96. The Labute approximate surface area is 182 Å². The van der Waals surface area contributed by atoms with E-state index in [0.717, 1.165) is 53.5 Å². The van der Waals surface area contributed by atoms with E-state index in [2.05, 4.69) is 5.32 Å². The minimum absolute atomic E-state index is 0.363. The number of benzene rings is 2. The number of hydrogen-bond donors (Lipinski definition) is 1. The Kier molecular flexibility index (Phi) is 5.89. The van der Waals surface area contributed by atoms with Crippen molar-refractivity contribution in [2.24, 2.45) is 0 Å². The molecule has 3 aromatic rings. The first-order chi connectivity index (χ1) is 14.9. The van der Waals surface area contributed by atoms with E-state index in [4.69, 9.17) is 9.72 Å². The maximum atomic E-state index is 13.2. The molecule has 4 rings (SSSR count). The van der Waals surface area contributed by atoms with Crippen LogP contribution in [0.25, 0.3) is 10.9 Å². The zero-order valence-corrected chi connectivity index (χ0v) is 18.1. The first kappa shape index (κ1) is 20.8. The zero-order chi connectivity index (χ0) is 22.0. The molecule has 0 spiro atoms. The van der Waals surface area contributed by atoms with Gasteiger partial charge in [-0.15, -0.1) is 0 Å². The standard InChI is InChI=1S/C25H27N3O3/c1-16(24(29)26-17-12-14-18(15-13-17)28(2)3)31-25(30)23-19-8-4-6-10-21(19)27-22-11-7-5-9-20(22)23/h4,6,8,10,12-16H,5,7,9,11H2,1-3H3,(H,26,29). The van der Waals surface area contributed by atoms with Gasteiger partial charge >= 0.3 is 5.97 Å². The van der Waals surface area contributed by atoms with Gasteiger partial charge in [-0.3, -0.25) is 9.78 Å². The summed E-state index contributed by atoms with van der Waals surface area (Å²) in [6.45, 7) is 1.59. The number of ether oxygens (including phenoxy) is 1. The third kappa shape index (κ3) is 4.38. The number of rotatable bonds is 5. The van der Waals surface area contributed by atoms with Gasteiger partial charge in [0.05, 0.1) is 11.1 Å². The zero-order valence-electron chi connectivity index (χ0n) is 18.1. The quantitative estimate of drug-likeness (QED) is 0.625. The average Bonchev–Trinajstić information content (AvgIpc) is 2.77. The predicted molar refractivity (Wildman–Crippen MR) is 123 cm³/mol. The Balaban J connectivity index is 1.54. The van der Waals surface area contributed by atoms with Crippen LogP contribution >= 0.6 is 0 Å². The Morgan fingerprint density at radius 2 is 1.74 bits per heavy atom. The number of aromatic nitrogens is 1. The molecule has 1 amide bonds. The van der Waals surface area contributed by atoms with Gasteiger partial charge in [-0.25, -0.2) is 4.79 Å². The second-order valence-electron chi connectivity index (χ2n) is 8.11. The molecule has 0 aliphatic heterocycles. The van der Waals surface area contributed by atoms with Gasteiger partial charge in [-0.2, -0.15) is 0 Å². The molecule has 6 heteroatoms. The van der Waals surface area contributed by atoms with Gasteiger partial charge in [-0.05, 0) is 68.5 Å². The van der Waals surface area contributed by atoms with Crippen LogP contribution in [0.4, 0.5) is 11.4 Å². The summed E-state index contributed by atoms with van der Waals surface area (Å²) in [5, 5.41) is 3.59. The summed E-state index contributed by atoms with van der Waals surface area (Å²) in [7, 11) is 3.91. The van der Waals surface area contributed by atoms with Crippen molar-refractivity contribution < 1.29 is 14.3 Å². The molecule has 0 saturated carbocycles. The van der Waals surface area contributed by atoms with E-state index in [0.29, 0.717) is 11.3 Å². The summed E-state index contributed by atoms with van der Waals surface area (Å²) < 4.78 is 5.62. The van der Waals surface area contributed by atoms with Crippen LogP contribution in [0.5, 0.6) is 0 Å². The van der Waals surface area contributed by atoms with E-state index in [1.807, 2.05) is 67.5 Å². The second kappa shape index (κ2) is 8.76. The summed E-state index contributed by atoms with van der Waals surface area (Å²) in [4.78, 5) is 32.6. The number of carbonyl (C=O) groups excluding carboxylic acids is 2. The summed E-state index contributed by atoms with van der Waals surface area (Å²) in [6.07, 6.45) is 2.83. The monoisotopic (exact) mass is 417 g/mol. The van der Waals surface area contributed by atoms with Crippen LogP contribution in [-0.4, -0.2) is 37.1 Å². The molecule has 1 atom stereocenters. The van der Waals surface area contributed by atoms with Gasteiger partial charge in [-0.1, -0.05) is 18.2 Å². The first-order valence-corrected chi connectivity index (χ1v) is 10.6. The van der Waals surface area contributed by atoms with Gasteiger partial charge in [0.2, 0.25) is 0 Å². The van der Waals surface area contributed by atoms with Crippen molar-refractivity contribution in [2.75, 3.05) is 24.3 Å². The average molecular weight is 418 g/mol. The second-order valence-corrected chi connectivity index (χ2v) is 8.11. The third-order valence-electron chi connectivity index (χ3n) is 5.68. The molecule has 2 aromatic carbocycles. The third-order valence-corrected chi connectivity index (χ3v) is 5.68. The number of para-hydroxylation sites is 1. The number of fused-ring (bicyclic) bond motifs is 2. The molecule has 0 fully saturated rings. The fourth-order valence-electron chi connectivity index (χ4n) is 3.97. The predicted octanol–water partition coefficient (Wildman–Crippen LogP) is 4.36. The van der Waals surface area contributed by atoms with E-state index in [9.17, 15) is 9.59 Å². The number of nitrogens with one attached hydrogen (secondary N) is 1. The number of hydrogen-bond acceptors (Lipinski definition) is 5. The number of nitrogens with zero attached hydrogens (tertiary/aromatic N) is 2. The van der Waals surface area contributed by atoms with Crippen molar-refractivity contribution >= 4 is 34.2 Å². The van der Waals surface area contributed by atoms with Crippen molar-refractivity contribution in [1.29, 1.82) is 0 Å². The molecule has 1 heterocycles. The Morgan fingerprint density at radius 1 is 1.03 bits per heavy atom. The minimum atomic E-state index is -0.924. The molecular formula is C25H27N3O3. The topological polar surface area (TPSA) is 71.5 Å². The molecular weight excluding hydrogens is 390 g/mol. The Morgan fingerprint density at radius 3 is 2.48 bits per heavy atom. The lowest BCUT2D eigenvalue weighted by Crippen LogP contribution is -2.30. The van der Waals surface area contributed by atoms with E-state index >= 15 is 0 Å². The molecule has 0 bridgehead atoms. The molecule has 160 valence electrons. The van der Waals surface area contributed by atoms with Crippen LogP contribution < -0.4 is 10.2 Å². The van der Waals surface area contributed by atoms with Crippen molar-refractivity contribution in [3.8, 4) is 0 Å². The largest absolute Gasteiger partial charge is 0.449 e. The number of esters is 1. The molecule has 0 radical (unpaired) electrons. The van der Waals surface area contributed by atoms with Crippen molar-refractivity contribution in [2.45, 2.75) is 38.7 Å². The van der Waals surface area contributed by atoms with Crippen LogP contribution in [0.2, 0.25) is 0 Å². The number of anilines is 2. The Hall–Kier alpha value is -3.41. The molecule has 31 heavy (non-hydrogen) atoms. The van der Waals surface area contributed by atoms with Crippen LogP contribution in [-0.2, 0) is 22.4 Å². The number of amides is 1. The lowest BCUT2D eigenvalue weighted by atomic mass is 9.90. The lowest BCUT2D eigenvalue weighted by Gasteiger charge is -2.21. The SMILES string of the molecule is CC(OC(=O)c1c2c(nc3ccccc13)CCCC2)C(=O)Nc1ccc(N(C)C)cc1. The number of aryl methyl sites for hydroxylation is 1. The lowest BCUT2D eigenvalue weighted by molar-refractivity contribution is -0.123. The molecule has 1 aromatic heterocycles. The van der Waals surface area contributed by atoms with Crippen molar-refractivity contribution in [3.05, 3.63) is 65.4 Å². The van der Waals surface area contributed by atoms with Gasteiger partial charge in [0.1, 0.15) is 0 Å². The normalized spacial score (nSPS) is 13.9. The highest BCUT2D eigenvalue weighted by Crippen LogP contribution is 2.30. The highest BCUT2D eigenvalue weighted by Gasteiger charge is 2.26. The fraction of sp³-hybridized carbons (Fsp3) is 0.320. The number of carbonyl (C=O) groups is 2. The summed E-state index contributed by atoms with van der Waals surface area (Å²) >= 11 is 0. The maximum absolute atomic E-state index is 13.2. The highest BCUT2D eigenvalue weighted by atomic mass is 16.5. The molecule has 0 saturated heterocycles. The summed E-state index contributed by atoms with van der Waals surface area (Å²) in [6, 6.07) is 15.1.